The van der Waals surface area contributed by atoms with Crippen LogP contribution in [0.2, 0.25) is 0 Å². The summed E-state index contributed by atoms with van der Waals surface area (Å²) < 4.78 is 0. The van der Waals surface area contributed by atoms with E-state index in [0.717, 1.165) is 38.5 Å². The summed E-state index contributed by atoms with van der Waals surface area (Å²) in [7, 11) is 0. The van der Waals surface area contributed by atoms with E-state index in [9.17, 15) is 10.2 Å². The normalized spacial score (nSPS) is 12.2. The highest BCUT2D eigenvalue weighted by molar-refractivity contribution is 6.08. The molecular weight excluding hydrogens is 484 g/mol. The lowest BCUT2D eigenvalue weighted by atomic mass is 10.1. The van der Waals surface area contributed by atoms with Gasteiger partial charge in [0.15, 0.2) is 0 Å². The van der Waals surface area contributed by atoms with Gasteiger partial charge in [0.2, 0.25) is 0 Å². The Labute approximate surface area is 221 Å². The Balaban J connectivity index is 1.62. The number of hydrogen-bond donors (Lipinski definition) is 3. The van der Waals surface area contributed by atoms with Crippen molar-refractivity contribution < 1.29 is 10.2 Å². The van der Waals surface area contributed by atoms with E-state index in [1.54, 1.807) is 0 Å². The van der Waals surface area contributed by atoms with Gasteiger partial charge in [-0.3, -0.25) is 0 Å². The molecule has 6 heteroatoms. The van der Waals surface area contributed by atoms with Crippen molar-refractivity contribution in [1.29, 1.82) is 0 Å². The van der Waals surface area contributed by atoms with E-state index in [1.807, 2.05) is 103 Å². The maximum absolute atomic E-state index is 11.4. The van der Waals surface area contributed by atoms with Gasteiger partial charge in [0.05, 0.1) is 33.5 Å². The molecule has 0 saturated heterocycles. The number of nitrogens with one attached hydrogen (secondary N) is 1. The van der Waals surface area contributed by atoms with Gasteiger partial charge in [-0.05, 0) is 66.7 Å². The van der Waals surface area contributed by atoms with Gasteiger partial charge in [-0.15, -0.1) is 0 Å². The number of phenolic OH excluding ortho intramolecular Hbond substituents is 2. The van der Waals surface area contributed by atoms with Crippen molar-refractivity contribution in [2.45, 2.75) is 0 Å². The fourth-order valence-corrected chi connectivity index (χ4v) is 5.41. The third-order valence-corrected chi connectivity index (χ3v) is 7.38. The van der Waals surface area contributed by atoms with Crippen molar-refractivity contribution in [3.8, 4) is 11.5 Å². The van der Waals surface area contributed by atoms with Gasteiger partial charge in [0.25, 0.3) is 0 Å². The molecule has 0 atom stereocenters. The van der Waals surface area contributed by atoms with Crippen molar-refractivity contribution in [1.82, 2.24) is 19.9 Å². The van der Waals surface area contributed by atoms with Gasteiger partial charge in [-0.25, -0.2) is 15.0 Å². The second-order valence-corrected chi connectivity index (χ2v) is 9.73. The summed E-state index contributed by atoms with van der Waals surface area (Å²) in [6, 6.07) is 29.0. The number of aromatic hydroxyl groups is 2. The molecule has 0 unspecified atom stereocenters. The Bertz CT molecular complexity index is 2320. The zero-order valence-electron chi connectivity index (χ0n) is 20.6. The monoisotopic (exact) mass is 504 g/mol. The lowest BCUT2D eigenvalue weighted by Gasteiger charge is -2.06. The smallest absolute Gasteiger partial charge is 0.134 e. The van der Waals surface area contributed by atoms with Crippen LogP contribution in [0.25, 0.3) is 77.6 Å². The highest BCUT2D eigenvalue weighted by Gasteiger charge is 2.11. The first kappa shape index (κ1) is 21.6. The Hall–Kier alpha value is -5.49. The molecule has 0 spiro atoms. The quantitative estimate of drug-likeness (QED) is 0.184. The number of rotatable bonds is 0. The molecule has 6 nitrogen and oxygen atoms in total. The van der Waals surface area contributed by atoms with Crippen LogP contribution in [0.5, 0.6) is 11.5 Å². The van der Waals surface area contributed by atoms with Gasteiger partial charge >= 0.3 is 0 Å². The molecule has 184 valence electrons. The Morgan fingerprint density at radius 1 is 0.538 bits per heavy atom. The van der Waals surface area contributed by atoms with Crippen molar-refractivity contribution in [3.05, 3.63) is 102 Å². The number of benzene rings is 3. The molecule has 12 bridgehead atoms. The summed E-state index contributed by atoms with van der Waals surface area (Å²) in [5.74, 6) is 0.281. The molecule has 5 heterocycles. The summed E-state index contributed by atoms with van der Waals surface area (Å²) >= 11 is 0. The van der Waals surface area contributed by atoms with Crippen LogP contribution in [0.4, 0.5) is 0 Å². The predicted octanol–water partition coefficient (Wildman–Crippen LogP) is 7.70. The van der Waals surface area contributed by atoms with Gasteiger partial charge in [0, 0.05) is 43.4 Å². The fourth-order valence-electron chi connectivity index (χ4n) is 5.41. The Morgan fingerprint density at radius 3 is 1.82 bits per heavy atom. The SMILES string of the molecule is Oc1c2cccc1c1ccc3ccc4ccc(nc4c3n1)c1cccc(c1O)c1ccc(cc3nc2C=C3)[nH]1. The number of hydrogen-bond acceptors (Lipinski definition) is 5. The maximum atomic E-state index is 11.4. The number of H-pyrrole nitrogens is 1. The third-order valence-electron chi connectivity index (χ3n) is 7.38. The Morgan fingerprint density at radius 2 is 1.13 bits per heavy atom. The van der Waals surface area contributed by atoms with Gasteiger partial charge in [0.1, 0.15) is 11.5 Å². The van der Waals surface area contributed by atoms with Crippen molar-refractivity contribution >= 4 is 77.6 Å². The van der Waals surface area contributed by atoms with E-state index in [2.05, 4.69) is 4.98 Å². The first-order valence-corrected chi connectivity index (χ1v) is 12.7. The number of nitrogens with zero attached hydrogens (tertiary/aromatic N) is 3. The van der Waals surface area contributed by atoms with E-state index >= 15 is 0 Å². The lowest BCUT2D eigenvalue weighted by molar-refractivity contribution is 0.487. The van der Waals surface area contributed by atoms with E-state index < -0.39 is 0 Å². The lowest BCUT2D eigenvalue weighted by Crippen LogP contribution is -1.87. The van der Waals surface area contributed by atoms with Crippen LogP contribution in [0.1, 0.15) is 11.4 Å². The molecule has 4 aromatic heterocycles. The summed E-state index contributed by atoms with van der Waals surface area (Å²) in [5.41, 5.74) is 5.80. The molecule has 1 aliphatic rings. The molecule has 39 heavy (non-hydrogen) atoms. The minimum absolute atomic E-state index is 0.129. The maximum Gasteiger partial charge on any atom is 0.134 e. The highest BCUT2D eigenvalue weighted by Crippen LogP contribution is 2.34. The molecule has 0 saturated carbocycles. The number of para-hydroxylation sites is 2. The topological polar surface area (TPSA) is 94.9 Å². The molecule has 0 radical (unpaired) electrons. The first-order chi connectivity index (χ1) is 19.1. The van der Waals surface area contributed by atoms with Crippen molar-refractivity contribution in [3.63, 3.8) is 0 Å². The minimum atomic E-state index is 0.129. The fraction of sp³-hybridized carbons (Fsp3) is 0. The largest absolute Gasteiger partial charge is 0.507 e. The van der Waals surface area contributed by atoms with Gasteiger partial charge < -0.3 is 15.2 Å². The Kier molecular flexibility index (Phi) is 4.43. The van der Waals surface area contributed by atoms with Crippen molar-refractivity contribution in [2.75, 3.05) is 0 Å². The summed E-state index contributed by atoms with van der Waals surface area (Å²) in [6.07, 6.45) is 3.82. The van der Waals surface area contributed by atoms with E-state index in [-0.39, 0.29) is 11.5 Å². The second-order valence-electron chi connectivity index (χ2n) is 9.73. The van der Waals surface area contributed by atoms with Crippen LogP contribution in [0.15, 0.2) is 91.0 Å². The standard InChI is InChI=1S/C33H20N4O2/c38-32-22-3-1-5-24(32)28-13-9-18-7-8-19-10-14-29(37-31(19)30(18)36-28)25-6-2-4-23(33(25)39)27-16-12-21(35-27)17-20-11-15-26(22)34-20/h1-17,34,38-39H. The molecule has 0 amide bonds. The summed E-state index contributed by atoms with van der Waals surface area (Å²) in [6.45, 7) is 0. The number of phenols is 2. The van der Waals surface area contributed by atoms with E-state index in [4.69, 9.17) is 15.0 Å². The van der Waals surface area contributed by atoms with Crippen LogP contribution in [-0.4, -0.2) is 30.1 Å². The molecule has 3 aromatic carbocycles. The molecule has 8 rings (SSSR count). The zero-order valence-corrected chi connectivity index (χ0v) is 20.6. The molecule has 0 fully saturated rings. The van der Waals surface area contributed by atoms with Gasteiger partial charge in [-0.1, -0.05) is 36.4 Å². The average molecular weight is 505 g/mol. The molecule has 1 aliphatic heterocycles. The van der Waals surface area contributed by atoms with Crippen LogP contribution >= 0.6 is 0 Å². The number of pyridine rings is 2. The zero-order chi connectivity index (χ0) is 26.1. The highest BCUT2D eigenvalue weighted by atomic mass is 16.3. The third kappa shape index (κ3) is 3.32. The summed E-state index contributed by atoms with van der Waals surface area (Å²) in [4.78, 5) is 18.1. The van der Waals surface area contributed by atoms with Crippen molar-refractivity contribution in [2.24, 2.45) is 0 Å². The van der Waals surface area contributed by atoms with Crippen LogP contribution in [0.3, 0.4) is 0 Å². The second kappa shape index (κ2) is 8.00. The summed E-state index contributed by atoms with van der Waals surface area (Å²) in [5, 5.41) is 27.2. The predicted molar refractivity (Wildman–Crippen MR) is 158 cm³/mol. The number of aromatic amines is 1. The average Bonchev–Trinajstić information content (AvgIpc) is 3.62. The van der Waals surface area contributed by atoms with Crippen LogP contribution < -0.4 is 0 Å². The molecule has 0 aliphatic carbocycles. The number of aromatic nitrogens is 4. The first-order valence-electron chi connectivity index (χ1n) is 12.7. The number of fused-ring (bicyclic) bond motifs is 14. The molecular formula is C33H20N4O2. The minimum Gasteiger partial charge on any atom is -0.507 e. The van der Waals surface area contributed by atoms with Crippen LogP contribution in [0, 0.1) is 0 Å². The van der Waals surface area contributed by atoms with E-state index in [1.165, 1.54) is 0 Å². The van der Waals surface area contributed by atoms with E-state index in [0.29, 0.717) is 38.3 Å². The molecule has 3 N–H and O–H groups in total. The van der Waals surface area contributed by atoms with Gasteiger partial charge in [-0.2, -0.15) is 0 Å². The molecule has 7 aromatic rings. The van der Waals surface area contributed by atoms with Crippen LogP contribution in [-0.2, 0) is 0 Å².